The first-order valence-electron chi connectivity index (χ1n) is 8.80. The molecule has 0 aliphatic carbocycles. The highest BCUT2D eigenvalue weighted by Gasteiger charge is 2.50. The topological polar surface area (TPSA) is 36.4 Å². The van der Waals surface area contributed by atoms with E-state index in [0.717, 1.165) is 44.6 Å². The molecule has 1 unspecified atom stereocenters. The van der Waals surface area contributed by atoms with Crippen molar-refractivity contribution in [1.82, 2.24) is 14.8 Å². The zero-order valence-corrected chi connectivity index (χ0v) is 14.2. The fraction of sp³-hybridized carbons (Fsp3) is 0.400. The largest absolute Gasteiger partial charge is 0.338 e. The Kier molecular flexibility index (Phi) is 4.25. The Morgan fingerprint density at radius 3 is 2.72 bits per heavy atom. The zero-order valence-electron chi connectivity index (χ0n) is 14.2. The number of hydrogen-bond acceptors (Lipinski definition) is 3. The van der Waals surface area contributed by atoms with Crippen LogP contribution in [0.15, 0.2) is 48.8 Å². The third-order valence-electron chi connectivity index (χ3n) is 5.43. The summed E-state index contributed by atoms with van der Waals surface area (Å²) in [5.41, 5.74) is 1.78. The number of carbonyl (C=O) groups excluding carboxylic acids is 1. The lowest BCUT2D eigenvalue weighted by atomic mass is 9.85. The number of likely N-dealkylation sites (tertiary alicyclic amines) is 2. The van der Waals surface area contributed by atoms with Gasteiger partial charge in [0.25, 0.3) is 0 Å². The number of aromatic nitrogens is 1. The number of amides is 1. The molecule has 0 saturated carbocycles. The molecule has 4 rings (SSSR count). The number of halogens is 1. The normalized spacial score (nSPS) is 23.7. The second kappa shape index (κ2) is 6.56. The van der Waals surface area contributed by atoms with Gasteiger partial charge in [-0.3, -0.25) is 14.7 Å². The third kappa shape index (κ3) is 3.29. The van der Waals surface area contributed by atoms with E-state index in [-0.39, 0.29) is 17.1 Å². The fourth-order valence-corrected chi connectivity index (χ4v) is 4.12. The molecular formula is C20H22FN3O. The quantitative estimate of drug-likeness (QED) is 0.859. The minimum absolute atomic E-state index is 0.227. The molecular weight excluding hydrogens is 317 g/mol. The summed E-state index contributed by atoms with van der Waals surface area (Å²) in [6, 6.07) is 10.6. The Bertz CT molecular complexity index is 767. The molecule has 0 radical (unpaired) electrons. The molecule has 1 atom stereocenters. The maximum Gasteiger partial charge on any atom is 0.230 e. The molecule has 0 N–H and O–H groups in total. The van der Waals surface area contributed by atoms with E-state index >= 15 is 0 Å². The molecule has 4 nitrogen and oxygen atoms in total. The molecule has 2 fully saturated rings. The van der Waals surface area contributed by atoms with Gasteiger partial charge >= 0.3 is 0 Å². The Morgan fingerprint density at radius 2 is 1.92 bits per heavy atom. The van der Waals surface area contributed by atoms with E-state index in [1.165, 1.54) is 17.7 Å². The van der Waals surface area contributed by atoms with Crippen molar-refractivity contribution in [3.05, 3.63) is 65.7 Å². The minimum Gasteiger partial charge on any atom is -0.338 e. The monoisotopic (exact) mass is 339 g/mol. The second-order valence-electron chi connectivity index (χ2n) is 7.21. The summed E-state index contributed by atoms with van der Waals surface area (Å²) in [5, 5.41) is 0. The molecule has 2 aliphatic rings. The number of hydrogen-bond donors (Lipinski definition) is 0. The van der Waals surface area contributed by atoms with E-state index < -0.39 is 0 Å². The van der Waals surface area contributed by atoms with Gasteiger partial charge in [0.1, 0.15) is 5.82 Å². The van der Waals surface area contributed by atoms with Crippen molar-refractivity contribution >= 4 is 5.91 Å². The summed E-state index contributed by atoms with van der Waals surface area (Å²) in [5.74, 6) is -0.0205. The summed E-state index contributed by atoms with van der Waals surface area (Å²) in [6.45, 7) is 3.85. The van der Waals surface area contributed by atoms with Crippen LogP contribution >= 0.6 is 0 Å². The van der Waals surface area contributed by atoms with Crippen LogP contribution < -0.4 is 0 Å². The van der Waals surface area contributed by atoms with Gasteiger partial charge < -0.3 is 4.90 Å². The van der Waals surface area contributed by atoms with Crippen LogP contribution in [0.4, 0.5) is 4.39 Å². The molecule has 0 bridgehead atoms. The number of carbonyl (C=O) groups is 1. The summed E-state index contributed by atoms with van der Waals surface area (Å²) in [7, 11) is 0. The standard InChI is InChI=1S/C20H22FN3O/c21-18-5-1-3-16(11-18)14-24-10-7-20(19(24)25)6-9-23(15-20)13-17-4-2-8-22-12-17/h1-5,8,11-12H,6-7,9-10,13-15H2. The van der Waals surface area contributed by atoms with Gasteiger partial charge in [0.05, 0.1) is 5.41 Å². The van der Waals surface area contributed by atoms with Crippen molar-refractivity contribution < 1.29 is 9.18 Å². The van der Waals surface area contributed by atoms with Crippen molar-refractivity contribution in [2.45, 2.75) is 25.9 Å². The molecule has 2 aliphatic heterocycles. The fourth-order valence-electron chi connectivity index (χ4n) is 4.12. The van der Waals surface area contributed by atoms with Crippen LogP contribution in [0.3, 0.4) is 0 Å². The SMILES string of the molecule is O=C1N(Cc2cccc(F)c2)CCC12CCN(Cc1cccnc1)C2. The van der Waals surface area contributed by atoms with Crippen LogP contribution in [-0.2, 0) is 17.9 Å². The van der Waals surface area contributed by atoms with Crippen molar-refractivity contribution in [2.24, 2.45) is 5.41 Å². The van der Waals surface area contributed by atoms with Gasteiger partial charge in [-0.2, -0.15) is 0 Å². The highest BCUT2D eigenvalue weighted by atomic mass is 19.1. The van der Waals surface area contributed by atoms with Crippen LogP contribution in [0.25, 0.3) is 0 Å². The zero-order chi connectivity index (χ0) is 17.3. The first-order valence-corrected chi connectivity index (χ1v) is 8.80. The molecule has 2 aromatic rings. The van der Waals surface area contributed by atoms with Gasteiger partial charge in [-0.1, -0.05) is 18.2 Å². The Hall–Kier alpha value is -2.27. The average Bonchev–Trinajstić information content (AvgIpc) is 3.15. The summed E-state index contributed by atoms with van der Waals surface area (Å²) < 4.78 is 13.4. The number of pyridine rings is 1. The molecule has 1 aromatic carbocycles. The maximum absolute atomic E-state index is 13.4. The van der Waals surface area contributed by atoms with Crippen LogP contribution in [0.2, 0.25) is 0 Å². The average molecular weight is 339 g/mol. The van der Waals surface area contributed by atoms with Crippen LogP contribution in [0, 0.1) is 11.2 Å². The van der Waals surface area contributed by atoms with E-state index in [2.05, 4.69) is 16.0 Å². The van der Waals surface area contributed by atoms with E-state index in [1.54, 1.807) is 12.3 Å². The van der Waals surface area contributed by atoms with Crippen molar-refractivity contribution in [3.8, 4) is 0 Å². The van der Waals surface area contributed by atoms with E-state index in [9.17, 15) is 9.18 Å². The smallest absolute Gasteiger partial charge is 0.230 e. The van der Waals surface area contributed by atoms with Crippen LogP contribution in [0.5, 0.6) is 0 Å². The Balaban J connectivity index is 1.41. The third-order valence-corrected chi connectivity index (χ3v) is 5.43. The minimum atomic E-state index is -0.254. The van der Waals surface area contributed by atoms with Gasteiger partial charge in [0.15, 0.2) is 0 Å². The van der Waals surface area contributed by atoms with Gasteiger partial charge in [0, 0.05) is 38.6 Å². The predicted molar refractivity (Wildman–Crippen MR) is 93.0 cm³/mol. The van der Waals surface area contributed by atoms with E-state index in [0.29, 0.717) is 6.54 Å². The molecule has 5 heteroatoms. The predicted octanol–water partition coefficient (Wildman–Crippen LogP) is 2.85. The van der Waals surface area contributed by atoms with Crippen molar-refractivity contribution in [3.63, 3.8) is 0 Å². The van der Waals surface area contributed by atoms with Crippen LogP contribution in [0.1, 0.15) is 24.0 Å². The van der Waals surface area contributed by atoms with Gasteiger partial charge in [0.2, 0.25) is 5.91 Å². The van der Waals surface area contributed by atoms with E-state index in [1.807, 2.05) is 23.2 Å². The first-order chi connectivity index (χ1) is 12.1. The van der Waals surface area contributed by atoms with Gasteiger partial charge in [-0.05, 0) is 48.7 Å². The number of rotatable bonds is 4. The molecule has 1 aromatic heterocycles. The molecule has 25 heavy (non-hydrogen) atoms. The Labute approximate surface area is 147 Å². The second-order valence-corrected chi connectivity index (χ2v) is 7.21. The number of nitrogens with zero attached hydrogens (tertiary/aromatic N) is 3. The molecule has 130 valence electrons. The number of benzene rings is 1. The molecule has 1 amide bonds. The lowest BCUT2D eigenvalue weighted by molar-refractivity contribution is -0.136. The summed E-state index contributed by atoms with van der Waals surface area (Å²) in [4.78, 5) is 21.4. The summed E-state index contributed by atoms with van der Waals surface area (Å²) in [6.07, 6.45) is 5.47. The van der Waals surface area contributed by atoms with Crippen molar-refractivity contribution in [2.75, 3.05) is 19.6 Å². The van der Waals surface area contributed by atoms with Gasteiger partial charge in [-0.15, -0.1) is 0 Å². The highest BCUT2D eigenvalue weighted by molar-refractivity contribution is 5.85. The Morgan fingerprint density at radius 1 is 1.08 bits per heavy atom. The van der Waals surface area contributed by atoms with Gasteiger partial charge in [-0.25, -0.2) is 4.39 Å². The molecule has 2 saturated heterocycles. The van der Waals surface area contributed by atoms with Crippen molar-refractivity contribution in [1.29, 1.82) is 0 Å². The lowest BCUT2D eigenvalue weighted by Gasteiger charge is -2.24. The maximum atomic E-state index is 13.4. The van der Waals surface area contributed by atoms with Crippen LogP contribution in [-0.4, -0.2) is 40.3 Å². The molecule has 1 spiro atoms. The first kappa shape index (κ1) is 16.2. The highest BCUT2D eigenvalue weighted by Crippen LogP contribution is 2.41. The molecule has 3 heterocycles. The summed E-state index contributed by atoms with van der Waals surface area (Å²) >= 11 is 0. The lowest BCUT2D eigenvalue weighted by Crippen LogP contribution is -2.36. The van der Waals surface area contributed by atoms with E-state index in [4.69, 9.17) is 0 Å².